The summed E-state index contributed by atoms with van der Waals surface area (Å²) in [4.78, 5) is 28.5. The third-order valence-electron chi connectivity index (χ3n) is 4.11. The van der Waals surface area contributed by atoms with E-state index in [9.17, 15) is 9.59 Å². The van der Waals surface area contributed by atoms with Crippen LogP contribution < -0.4 is 10.9 Å². The highest BCUT2D eigenvalue weighted by atomic mass is 32.2. The molecule has 0 aliphatic carbocycles. The standard InChI is InChI=1S/C20H21N3O3S/c1-3-13-7-8-15-11-14(4-2)20(21-16(15)10-13)27-12-18(24)22-23-19(25)17-6-5-9-26-17/h5-11H,3-4,12H2,1-2H3,(H,22,24)(H,23,25). The number of aryl methyl sites for hydroxylation is 2. The molecule has 2 N–H and O–H groups in total. The van der Waals surface area contributed by atoms with Gasteiger partial charge < -0.3 is 4.42 Å². The van der Waals surface area contributed by atoms with Crippen LogP contribution in [-0.2, 0) is 17.6 Å². The number of aromatic nitrogens is 1. The maximum absolute atomic E-state index is 12.0. The van der Waals surface area contributed by atoms with Gasteiger partial charge in [-0.2, -0.15) is 0 Å². The lowest BCUT2D eigenvalue weighted by Gasteiger charge is -2.10. The molecule has 7 heteroatoms. The summed E-state index contributed by atoms with van der Waals surface area (Å²) >= 11 is 1.36. The van der Waals surface area contributed by atoms with Crippen molar-refractivity contribution in [2.75, 3.05) is 5.75 Å². The Kier molecular flexibility index (Phi) is 6.13. The zero-order valence-electron chi connectivity index (χ0n) is 15.2. The van der Waals surface area contributed by atoms with Crippen LogP contribution in [0.15, 0.2) is 52.1 Å². The number of hydrazine groups is 1. The number of benzene rings is 1. The average molecular weight is 383 g/mol. The van der Waals surface area contributed by atoms with E-state index in [1.807, 2.05) is 0 Å². The Balaban J connectivity index is 1.64. The summed E-state index contributed by atoms with van der Waals surface area (Å²) in [6.45, 7) is 4.18. The van der Waals surface area contributed by atoms with Crippen molar-refractivity contribution in [2.24, 2.45) is 0 Å². The van der Waals surface area contributed by atoms with Gasteiger partial charge in [0.15, 0.2) is 5.76 Å². The van der Waals surface area contributed by atoms with Gasteiger partial charge in [-0.15, -0.1) is 0 Å². The van der Waals surface area contributed by atoms with Crippen molar-refractivity contribution in [3.8, 4) is 0 Å². The molecule has 0 spiro atoms. The molecule has 2 heterocycles. The van der Waals surface area contributed by atoms with Gasteiger partial charge in [-0.25, -0.2) is 4.98 Å². The van der Waals surface area contributed by atoms with E-state index in [0.717, 1.165) is 34.3 Å². The topological polar surface area (TPSA) is 84.2 Å². The molecule has 2 aromatic heterocycles. The van der Waals surface area contributed by atoms with Crippen molar-refractivity contribution in [2.45, 2.75) is 31.7 Å². The summed E-state index contributed by atoms with van der Waals surface area (Å²) in [6, 6.07) is 11.5. The van der Waals surface area contributed by atoms with Crippen molar-refractivity contribution < 1.29 is 14.0 Å². The molecule has 2 amide bonds. The van der Waals surface area contributed by atoms with Gasteiger partial charge in [0.1, 0.15) is 5.03 Å². The number of thioether (sulfide) groups is 1. The highest BCUT2D eigenvalue weighted by Crippen LogP contribution is 2.26. The first kappa shape index (κ1) is 19.0. The molecule has 140 valence electrons. The number of carbonyl (C=O) groups is 2. The third-order valence-corrected chi connectivity index (χ3v) is 5.14. The minimum absolute atomic E-state index is 0.138. The number of nitrogens with zero attached hydrogens (tertiary/aromatic N) is 1. The smallest absolute Gasteiger partial charge is 0.305 e. The minimum atomic E-state index is -0.497. The molecule has 0 saturated carbocycles. The van der Waals surface area contributed by atoms with Crippen molar-refractivity contribution in [3.63, 3.8) is 0 Å². The second kappa shape index (κ2) is 8.73. The van der Waals surface area contributed by atoms with E-state index in [1.165, 1.54) is 29.7 Å². The Morgan fingerprint density at radius 2 is 1.96 bits per heavy atom. The second-order valence-corrected chi connectivity index (χ2v) is 6.92. The highest BCUT2D eigenvalue weighted by Gasteiger charge is 2.12. The normalized spacial score (nSPS) is 10.7. The van der Waals surface area contributed by atoms with Crippen molar-refractivity contribution in [3.05, 3.63) is 59.5 Å². The fourth-order valence-electron chi connectivity index (χ4n) is 2.60. The van der Waals surface area contributed by atoms with E-state index in [0.29, 0.717) is 0 Å². The first-order chi connectivity index (χ1) is 13.1. The van der Waals surface area contributed by atoms with Gasteiger partial charge in [-0.05, 0) is 48.2 Å². The number of hydrogen-bond donors (Lipinski definition) is 2. The van der Waals surface area contributed by atoms with Crippen LogP contribution in [0, 0.1) is 0 Å². The molecule has 0 radical (unpaired) electrons. The van der Waals surface area contributed by atoms with Gasteiger partial charge in [0.05, 0.1) is 17.5 Å². The number of nitrogens with one attached hydrogen (secondary N) is 2. The summed E-state index contributed by atoms with van der Waals surface area (Å²) in [5.41, 5.74) is 7.98. The van der Waals surface area contributed by atoms with Gasteiger partial charge in [0.2, 0.25) is 5.91 Å². The third kappa shape index (κ3) is 4.68. The van der Waals surface area contributed by atoms with Gasteiger partial charge in [0.25, 0.3) is 0 Å². The monoisotopic (exact) mass is 383 g/mol. The molecule has 3 aromatic rings. The van der Waals surface area contributed by atoms with E-state index in [1.54, 1.807) is 6.07 Å². The Hall–Kier alpha value is -2.80. The number of furan rings is 1. The number of carbonyl (C=O) groups excluding carboxylic acids is 2. The van der Waals surface area contributed by atoms with Gasteiger partial charge >= 0.3 is 5.91 Å². The summed E-state index contributed by atoms with van der Waals surface area (Å²) < 4.78 is 4.97. The molecule has 0 aliphatic heterocycles. The van der Waals surface area contributed by atoms with Crippen molar-refractivity contribution >= 4 is 34.5 Å². The van der Waals surface area contributed by atoms with Crippen molar-refractivity contribution in [1.82, 2.24) is 15.8 Å². The highest BCUT2D eigenvalue weighted by molar-refractivity contribution is 7.99. The molecule has 0 fully saturated rings. The zero-order valence-corrected chi connectivity index (χ0v) is 16.1. The fourth-order valence-corrected chi connectivity index (χ4v) is 3.49. The van der Waals surface area contributed by atoms with Gasteiger partial charge in [0, 0.05) is 5.39 Å². The molecule has 3 rings (SSSR count). The summed E-state index contributed by atoms with van der Waals surface area (Å²) in [7, 11) is 0. The van der Waals surface area contributed by atoms with E-state index in [4.69, 9.17) is 9.40 Å². The minimum Gasteiger partial charge on any atom is -0.459 e. The molecule has 27 heavy (non-hydrogen) atoms. The molecule has 1 aromatic carbocycles. The molecule has 0 bridgehead atoms. The average Bonchev–Trinajstić information content (AvgIpc) is 3.24. The van der Waals surface area contributed by atoms with Crippen LogP contribution in [0.2, 0.25) is 0 Å². The first-order valence-electron chi connectivity index (χ1n) is 8.78. The quantitative estimate of drug-likeness (QED) is 0.503. The Bertz CT molecular complexity index is 955. The predicted molar refractivity (Wildman–Crippen MR) is 106 cm³/mol. The Labute approximate surface area is 161 Å². The maximum atomic E-state index is 12.0. The number of fused-ring (bicyclic) bond motifs is 1. The van der Waals surface area contributed by atoms with Crippen LogP contribution in [0.4, 0.5) is 0 Å². The van der Waals surface area contributed by atoms with E-state index in [2.05, 4.69) is 49.0 Å². The van der Waals surface area contributed by atoms with E-state index < -0.39 is 5.91 Å². The van der Waals surface area contributed by atoms with Crippen LogP contribution in [0.5, 0.6) is 0 Å². The number of rotatable bonds is 6. The zero-order chi connectivity index (χ0) is 19.2. The van der Waals surface area contributed by atoms with Crippen LogP contribution in [0.3, 0.4) is 0 Å². The fraction of sp³-hybridized carbons (Fsp3) is 0.250. The Morgan fingerprint density at radius 1 is 1.11 bits per heavy atom. The lowest BCUT2D eigenvalue weighted by atomic mass is 10.1. The lowest BCUT2D eigenvalue weighted by Crippen LogP contribution is -2.42. The van der Waals surface area contributed by atoms with Crippen LogP contribution in [0.1, 0.15) is 35.5 Å². The Morgan fingerprint density at radius 3 is 2.67 bits per heavy atom. The summed E-state index contributed by atoms with van der Waals surface area (Å²) in [6.07, 6.45) is 3.18. The molecule has 0 unspecified atom stereocenters. The van der Waals surface area contributed by atoms with E-state index in [-0.39, 0.29) is 17.4 Å². The lowest BCUT2D eigenvalue weighted by molar-refractivity contribution is -0.119. The number of hydrogen-bond acceptors (Lipinski definition) is 5. The molecular formula is C20H21N3O3S. The van der Waals surface area contributed by atoms with Crippen LogP contribution in [0.25, 0.3) is 10.9 Å². The number of amides is 2. The molecule has 0 aliphatic rings. The largest absolute Gasteiger partial charge is 0.459 e. The SMILES string of the molecule is CCc1ccc2cc(CC)c(SCC(=O)NNC(=O)c3ccco3)nc2c1. The molecule has 6 nitrogen and oxygen atoms in total. The van der Waals surface area contributed by atoms with Crippen LogP contribution in [-0.4, -0.2) is 22.6 Å². The molecular weight excluding hydrogens is 362 g/mol. The van der Waals surface area contributed by atoms with E-state index >= 15 is 0 Å². The van der Waals surface area contributed by atoms with Gasteiger partial charge in [-0.3, -0.25) is 20.4 Å². The summed E-state index contributed by atoms with van der Waals surface area (Å²) in [5.74, 6) is -0.522. The maximum Gasteiger partial charge on any atom is 0.305 e. The molecule has 0 saturated heterocycles. The van der Waals surface area contributed by atoms with Gasteiger partial charge in [-0.1, -0.05) is 37.7 Å². The number of pyridine rings is 1. The molecule has 0 atom stereocenters. The second-order valence-electron chi connectivity index (χ2n) is 5.96. The van der Waals surface area contributed by atoms with Crippen LogP contribution >= 0.6 is 11.8 Å². The predicted octanol–water partition coefficient (Wildman–Crippen LogP) is 3.51. The van der Waals surface area contributed by atoms with Crippen molar-refractivity contribution in [1.29, 1.82) is 0 Å². The summed E-state index contributed by atoms with van der Waals surface area (Å²) in [5, 5.41) is 1.94. The first-order valence-corrected chi connectivity index (χ1v) is 9.77.